The van der Waals surface area contributed by atoms with Gasteiger partial charge in [-0.25, -0.2) is 0 Å². The molecule has 350 valence electrons. The summed E-state index contributed by atoms with van der Waals surface area (Å²) in [5.41, 5.74) is 0. The van der Waals surface area contributed by atoms with Crippen LogP contribution in [-0.4, -0.2) is 74.1 Å². The van der Waals surface area contributed by atoms with E-state index in [1.165, 1.54) is 64.2 Å². The SMILES string of the molecule is C=C(CC1CCC(C)CC1)OCC(CCC1CCC(C)CC1)OC(=O)CCCN(C)CCCC(=O)OC(CCC(=O)CC1CCC(C)CC1)COC(=O)CC1CCC(C)CC1. The minimum atomic E-state index is -0.624. The number of esters is 3. The fourth-order valence-corrected chi connectivity index (χ4v) is 10.4. The Morgan fingerprint density at radius 3 is 1.41 bits per heavy atom. The van der Waals surface area contributed by atoms with Crippen LogP contribution < -0.4 is 0 Å². The first-order chi connectivity index (χ1) is 29.3. The largest absolute Gasteiger partial charge is 0.495 e. The van der Waals surface area contributed by atoms with Crippen LogP contribution in [0.1, 0.15) is 201 Å². The molecule has 0 aromatic carbocycles. The summed E-state index contributed by atoms with van der Waals surface area (Å²) >= 11 is 0. The third-order valence-electron chi connectivity index (χ3n) is 15.0. The smallest absolute Gasteiger partial charge is 0.306 e. The maximum atomic E-state index is 13.1. The number of nitrogens with zero attached hydrogens (tertiary/aromatic N) is 1. The average Bonchev–Trinajstić information content (AvgIpc) is 3.23. The van der Waals surface area contributed by atoms with Gasteiger partial charge >= 0.3 is 17.9 Å². The Balaban J connectivity index is 1.15. The lowest BCUT2D eigenvalue weighted by atomic mass is 9.80. The minimum Gasteiger partial charge on any atom is -0.495 e. The molecule has 9 nitrogen and oxygen atoms in total. The first kappa shape index (κ1) is 51.2. The van der Waals surface area contributed by atoms with Crippen LogP contribution in [0.5, 0.6) is 0 Å². The van der Waals surface area contributed by atoms with Gasteiger partial charge in [-0.1, -0.05) is 98.5 Å². The molecule has 0 heterocycles. The van der Waals surface area contributed by atoms with Crippen LogP contribution >= 0.6 is 0 Å². The predicted molar refractivity (Wildman–Crippen MR) is 244 cm³/mol. The Morgan fingerprint density at radius 1 is 0.508 bits per heavy atom. The van der Waals surface area contributed by atoms with Gasteiger partial charge in [0, 0.05) is 38.5 Å². The maximum Gasteiger partial charge on any atom is 0.306 e. The second kappa shape index (κ2) is 28.4. The Hall–Kier alpha value is -2.42. The van der Waals surface area contributed by atoms with Crippen molar-refractivity contribution in [1.82, 2.24) is 4.90 Å². The van der Waals surface area contributed by atoms with Crippen LogP contribution in [0.3, 0.4) is 0 Å². The van der Waals surface area contributed by atoms with Crippen LogP contribution in [0, 0.1) is 47.3 Å². The van der Waals surface area contributed by atoms with E-state index >= 15 is 0 Å². The number of allylic oxidation sites excluding steroid dienone is 1. The molecule has 0 aliphatic heterocycles. The van der Waals surface area contributed by atoms with Crippen LogP contribution in [-0.2, 0) is 38.1 Å². The average molecular weight is 856 g/mol. The number of hydrogen-bond acceptors (Lipinski definition) is 9. The van der Waals surface area contributed by atoms with Gasteiger partial charge in [0.2, 0.25) is 0 Å². The molecule has 9 heteroatoms. The van der Waals surface area contributed by atoms with Gasteiger partial charge in [-0.3, -0.25) is 19.2 Å². The normalized spacial score (nSPS) is 28.0. The lowest BCUT2D eigenvalue weighted by Gasteiger charge is -2.28. The van der Waals surface area contributed by atoms with E-state index in [-0.39, 0.29) is 42.8 Å². The van der Waals surface area contributed by atoms with Gasteiger partial charge in [-0.05, 0) is 138 Å². The molecule has 0 aromatic rings. The number of carbonyl (C=O) groups excluding carboxylic acids is 4. The predicted octanol–water partition coefficient (Wildman–Crippen LogP) is 12.0. The molecule has 0 spiro atoms. The van der Waals surface area contributed by atoms with E-state index in [1.807, 2.05) is 7.05 Å². The molecule has 2 atom stereocenters. The van der Waals surface area contributed by atoms with E-state index < -0.39 is 6.10 Å². The highest BCUT2D eigenvalue weighted by Gasteiger charge is 2.27. The molecule has 61 heavy (non-hydrogen) atoms. The van der Waals surface area contributed by atoms with Gasteiger partial charge < -0.3 is 23.8 Å². The van der Waals surface area contributed by atoms with E-state index in [2.05, 4.69) is 39.2 Å². The zero-order valence-corrected chi connectivity index (χ0v) is 39.6. The summed E-state index contributed by atoms with van der Waals surface area (Å²) in [6.07, 6.45) is 24.6. The highest BCUT2D eigenvalue weighted by molar-refractivity contribution is 5.78. The highest BCUT2D eigenvalue weighted by Crippen LogP contribution is 2.35. The third-order valence-corrected chi connectivity index (χ3v) is 15.0. The van der Waals surface area contributed by atoms with E-state index in [9.17, 15) is 19.2 Å². The fourth-order valence-electron chi connectivity index (χ4n) is 10.4. The van der Waals surface area contributed by atoms with Crippen molar-refractivity contribution in [3.05, 3.63) is 12.3 Å². The topological polar surface area (TPSA) is 108 Å². The molecule has 0 saturated heterocycles. The first-order valence-electron chi connectivity index (χ1n) is 25.3. The third kappa shape index (κ3) is 22.2. The Labute approximate surface area is 371 Å². The molecule has 4 aliphatic carbocycles. The number of rotatable bonds is 27. The zero-order valence-electron chi connectivity index (χ0n) is 39.6. The summed E-state index contributed by atoms with van der Waals surface area (Å²) in [6.45, 7) is 15.3. The van der Waals surface area contributed by atoms with Crippen molar-refractivity contribution in [1.29, 1.82) is 0 Å². The van der Waals surface area contributed by atoms with Crippen molar-refractivity contribution < 1.29 is 38.1 Å². The van der Waals surface area contributed by atoms with Gasteiger partial charge in [-0.2, -0.15) is 0 Å². The number of carbonyl (C=O) groups is 4. The number of hydrogen-bond donors (Lipinski definition) is 0. The highest BCUT2D eigenvalue weighted by atomic mass is 16.6. The lowest BCUT2D eigenvalue weighted by molar-refractivity contribution is -0.160. The summed E-state index contributed by atoms with van der Waals surface area (Å²) < 4.78 is 23.8. The van der Waals surface area contributed by atoms with Crippen LogP contribution in [0.15, 0.2) is 12.3 Å². The number of ether oxygens (including phenoxy) is 4. The summed E-state index contributed by atoms with van der Waals surface area (Å²) in [5.74, 6) is 5.52. The Bertz CT molecular complexity index is 1250. The second-order valence-corrected chi connectivity index (χ2v) is 21.0. The molecule has 0 N–H and O–H groups in total. The summed E-state index contributed by atoms with van der Waals surface area (Å²) in [7, 11) is 2.00. The fraction of sp³-hybridized carbons (Fsp3) is 0.885. The van der Waals surface area contributed by atoms with Crippen molar-refractivity contribution in [2.75, 3.05) is 33.4 Å². The standard InChI is InChI=1S/C52H89NO8/c1-38-11-19-43(20-12-38)27-29-48(36-58-42(5)33-44-21-13-39(2)14-22-44)60-50(55)9-7-31-53(6)32-8-10-51(56)61-49(30-28-47(54)34-45-23-15-40(3)16-24-45)37-59-52(57)35-46-25-17-41(4)18-26-46/h38-41,43-46,48-49H,5,7-37H2,1-4,6H3. The molecule has 0 amide bonds. The van der Waals surface area contributed by atoms with Crippen molar-refractivity contribution in [2.24, 2.45) is 47.3 Å². The van der Waals surface area contributed by atoms with E-state index in [0.29, 0.717) is 94.2 Å². The molecule has 4 saturated carbocycles. The number of Topliss-reactive ketones (excluding diaryl/α,β-unsaturated/α-hetero) is 1. The Kier molecular flexibility index (Phi) is 23.8. The van der Waals surface area contributed by atoms with Crippen LogP contribution in [0.25, 0.3) is 0 Å². The van der Waals surface area contributed by atoms with Crippen molar-refractivity contribution >= 4 is 23.7 Å². The van der Waals surface area contributed by atoms with E-state index in [0.717, 1.165) is 81.3 Å². The summed E-state index contributed by atoms with van der Waals surface area (Å²) in [5, 5.41) is 0. The molecular weight excluding hydrogens is 767 g/mol. The molecule has 4 fully saturated rings. The monoisotopic (exact) mass is 856 g/mol. The van der Waals surface area contributed by atoms with Crippen molar-refractivity contribution in [3.8, 4) is 0 Å². The molecule has 2 unspecified atom stereocenters. The Morgan fingerprint density at radius 2 is 0.918 bits per heavy atom. The van der Waals surface area contributed by atoms with Gasteiger partial charge in [0.15, 0.2) is 0 Å². The van der Waals surface area contributed by atoms with Gasteiger partial charge in [0.1, 0.15) is 31.2 Å². The van der Waals surface area contributed by atoms with Gasteiger partial charge in [0.05, 0.1) is 5.76 Å². The van der Waals surface area contributed by atoms with Crippen molar-refractivity contribution in [3.63, 3.8) is 0 Å². The van der Waals surface area contributed by atoms with E-state index in [1.54, 1.807) is 0 Å². The lowest BCUT2D eigenvalue weighted by Crippen LogP contribution is -2.28. The van der Waals surface area contributed by atoms with E-state index in [4.69, 9.17) is 18.9 Å². The second-order valence-electron chi connectivity index (χ2n) is 21.0. The summed E-state index contributed by atoms with van der Waals surface area (Å²) in [6, 6.07) is 0. The molecule has 4 aliphatic rings. The van der Waals surface area contributed by atoms with Crippen LogP contribution in [0.4, 0.5) is 0 Å². The zero-order chi connectivity index (χ0) is 44.0. The molecule has 4 rings (SSSR count). The quantitative estimate of drug-likeness (QED) is 0.0453. The molecule has 0 aromatic heterocycles. The minimum absolute atomic E-state index is 0.000621. The molecular formula is C52H89NO8. The van der Waals surface area contributed by atoms with Gasteiger partial charge in [0.25, 0.3) is 0 Å². The first-order valence-corrected chi connectivity index (χ1v) is 25.3. The van der Waals surface area contributed by atoms with Crippen LogP contribution in [0.2, 0.25) is 0 Å². The maximum absolute atomic E-state index is 13.1. The van der Waals surface area contributed by atoms with Crippen molar-refractivity contribution in [2.45, 2.75) is 213 Å². The van der Waals surface area contributed by atoms with Gasteiger partial charge in [-0.15, -0.1) is 0 Å². The molecule has 0 radical (unpaired) electrons. The summed E-state index contributed by atoms with van der Waals surface area (Å²) in [4.78, 5) is 54.1. The number of ketones is 1. The molecule has 0 bridgehead atoms.